The molecule has 0 amide bonds. The van der Waals surface area contributed by atoms with E-state index in [1.54, 1.807) is 6.08 Å². The van der Waals surface area contributed by atoms with Gasteiger partial charge in [0.05, 0.1) is 11.4 Å². The summed E-state index contributed by atoms with van der Waals surface area (Å²) in [6, 6.07) is 62.6. The van der Waals surface area contributed by atoms with Gasteiger partial charge in [0.25, 0.3) is 0 Å². The first kappa shape index (κ1) is 33.1. The van der Waals surface area contributed by atoms with Gasteiger partial charge in [0.1, 0.15) is 0 Å². The number of hydrogen-bond donors (Lipinski definition) is 1. The molecule has 0 spiro atoms. The van der Waals surface area contributed by atoms with Crippen molar-refractivity contribution in [3.8, 4) is 45.0 Å². The van der Waals surface area contributed by atoms with Gasteiger partial charge in [-0.3, -0.25) is 0 Å². The normalized spacial score (nSPS) is 11.6. The zero-order valence-electron chi connectivity index (χ0n) is 30.6. The van der Waals surface area contributed by atoms with Gasteiger partial charge < -0.3 is 5.41 Å². The van der Waals surface area contributed by atoms with Gasteiger partial charge >= 0.3 is 0 Å². The van der Waals surface area contributed by atoms with Gasteiger partial charge in [-0.1, -0.05) is 164 Å². The minimum atomic E-state index is 0.661. The van der Waals surface area contributed by atoms with E-state index in [4.69, 9.17) is 15.4 Å². The summed E-state index contributed by atoms with van der Waals surface area (Å²) in [7, 11) is 0. The summed E-state index contributed by atoms with van der Waals surface area (Å²) in [4.78, 5) is 10.5. The second-order valence-electron chi connectivity index (χ2n) is 14.2. The lowest BCUT2D eigenvalue weighted by Crippen LogP contribution is -1.97. The van der Waals surface area contributed by atoms with Gasteiger partial charge in [-0.25, -0.2) is 9.97 Å². The molecular weight excluding hydrogens is 679 g/mol. The van der Waals surface area contributed by atoms with Gasteiger partial charge in [0, 0.05) is 22.9 Å². The lowest BCUT2D eigenvalue weighted by atomic mass is 9.92. The Kier molecular flexibility index (Phi) is 8.12. The van der Waals surface area contributed by atoms with Crippen molar-refractivity contribution in [1.29, 1.82) is 5.41 Å². The molecule has 1 N–H and O–H groups in total. The van der Waals surface area contributed by atoms with Crippen LogP contribution in [0.25, 0.3) is 104 Å². The molecule has 3 nitrogen and oxygen atoms in total. The lowest BCUT2D eigenvalue weighted by molar-refractivity contribution is 1.18. The van der Waals surface area contributed by atoms with Crippen molar-refractivity contribution in [3.05, 3.63) is 200 Å². The Bertz CT molecular complexity index is 3190. The van der Waals surface area contributed by atoms with Crippen molar-refractivity contribution in [2.75, 3.05) is 0 Å². The Hall–Kier alpha value is -7.49. The summed E-state index contributed by atoms with van der Waals surface area (Å²) < 4.78 is 0. The number of fused-ring (bicyclic) bond motifs is 9. The maximum absolute atomic E-state index is 7.44. The quantitative estimate of drug-likeness (QED) is 0.102. The molecule has 10 aromatic rings. The summed E-state index contributed by atoms with van der Waals surface area (Å²) in [5.74, 6) is 0.661. The Morgan fingerprint density at radius 2 is 0.964 bits per heavy atom. The molecule has 0 aliphatic carbocycles. The number of aromatic nitrogens is 2. The third kappa shape index (κ3) is 5.74. The molecule has 1 aromatic heterocycles. The van der Waals surface area contributed by atoms with Crippen LogP contribution in [0.5, 0.6) is 0 Å². The fraction of sp³-hybridized carbons (Fsp3) is 0. The van der Waals surface area contributed by atoms with Gasteiger partial charge in [0.15, 0.2) is 5.82 Å². The highest BCUT2D eigenvalue weighted by Gasteiger charge is 2.15. The van der Waals surface area contributed by atoms with E-state index in [0.29, 0.717) is 5.82 Å². The average Bonchev–Trinajstić information content (AvgIpc) is 3.28. The molecule has 0 saturated heterocycles. The zero-order chi connectivity index (χ0) is 37.6. The first-order chi connectivity index (χ1) is 27.6. The fourth-order valence-corrected chi connectivity index (χ4v) is 8.17. The minimum Gasteiger partial charge on any atom is -0.309 e. The van der Waals surface area contributed by atoms with E-state index in [2.05, 4.69) is 170 Å². The molecule has 10 rings (SSSR count). The van der Waals surface area contributed by atoms with Crippen molar-refractivity contribution < 1.29 is 0 Å². The number of rotatable bonds is 7. The van der Waals surface area contributed by atoms with Gasteiger partial charge in [-0.05, 0) is 106 Å². The lowest BCUT2D eigenvalue weighted by Gasteiger charge is -2.14. The van der Waals surface area contributed by atoms with Gasteiger partial charge in [-0.2, -0.15) is 0 Å². The maximum Gasteiger partial charge on any atom is 0.160 e. The van der Waals surface area contributed by atoms with Crippen LogP contribution in [-0.2, 0) is 0 Å². The fourth-order valence-electron chi connectivity index (χ4n) is 8.17. The van der Waals surface area contributed by atoms with E-state index in [-0.39, 0.29) is 0 Å². The van der Waals surface area contributed by atoms with Crippen LogP contribution in [0.4, 0.5) is 0 Å². The number of benzene rings is 9. The van der Waals surface area contributed by atoms with Crippen LogP contribution in [0, 0.1) is 5.41 Å². The SMILES string of the molecule is C=C(/C=C\C=N)c1cccc(-c2cc(-c3ccc(-c4cc5ccccc5c5ccccc45)cc3)nc(-c3ccc4c5ccccc5c5ccccc5c4c3)n2)c1. The number of nitrogens with one attached hydrogen (secondary N) is 1. The van der Waals surface area contributed by atoms with Crippen LogP contribution in [0.1, 0.15) is 5.56 Å². The van der Waals surface area contributed by atoms with Crippen LogP contribution in [0.15, 0.2) is 195 Å². The van der Waals surface area contributed by atoms with E-state index in [0.717, 1.165) is 44.8 Å². The number of allylic oxidation sites excluding steroid dienone is 3. The Morgan fingerprint density at radius 3 is 1.64 bits per heavy atom. The van der Waals surface area contributed by atoms with E-state index in [1.165, 1.54) is 65.6 Å². The van der Waals surface area contributed by atoms with Crippen molar-refractivity contribution in [3.63, 3.8) is 0 Å². The van der Waals surface area contributed by atoms with Gasteiger partial charge in [0.2, 0.25) is 0 Å². The Labute approximate surface area is 325 Å². The summed E-state index contributed by atoms with van der Waals surface area (Å²) in [6.45, 7) is 4.25. The Balaban J connectivity index is 1.14. The molecule has 56 heavy (non-hydrogen) atoms. The molecule has 0 unspecified atom stereocenters. The average molecular weight is 714 g/mol. The van der Waals surface area contributed by atoms with Crippen LogP contribution < -0.4 is 0 Å². The summed E-state index contributed by atoms with van der Waals surface area (Å²) in [5, 5.41) is 19.7. The largest absolute Gasteiger partial charge is 0.309 e. The number of hydrogen-bond acceptors (Lipinski definition) is 3. The maximum atomic E-state index is 7.44. The molecule has 0 atom stereocenters. The summed E-state index contributed by atoms with van der Waals surface area (Å²) >= 11 is 0. The predicted molar refractivity (Wildman–Crippen MR) is 238 cm³/mol. The van der Waals surface area contributed by atoms with Crippen molar-refractivity contribution in [2.45, 2.75) is 0 Å². The molecule has 0 fully saturated rings. The second-order valence-corrected chi connectivity index (χ2v) is 14.2. The van der Waals surface area contributed by atoms with E-state index in [1.807, 2.05) is 18.2 Å². The zero-order valence-corrected chi connectivity index (χ0v) is 30.6. The molecule has 9 aromatic carbocycles. The van der Waals surface area contributed by atoms with Crippen molar-refractivity contribution in [1.82, 2.24) is 9.97 Å². The van der Waals surface area contributed by atoms with Gasteiger partial charge in [-0.15, -0.1) is 0 Å². The highest BCUT2D eigenvalue weighted by atomic mass is 14.9. The van der Waals surface area contributed by atoms with E-state index in [9.17, 15) is 0 Å². The molecule has 3 heteroatoms. The summed E-state index contributed by atoms with van der Waals surface area (Å²) in [5.41, 5.74) is 8.76. The third-order valence-corrected chi connectivity index (χ3v) is 10.9. The van der Waals surface area contributed by atoms with Crippen molar-refractivity contribution in [2.24, 2.45) is 0 Å². The first-order valence-corrected chi connectivity index (χ1v) is 18.8. The van der Waals surface area contributed by atoms with E-state index < -0.39 is 0 Å². The molecule has 0 saturated carbocycles. The standard InChI is InChI=1S/C53H35N3/c1-34(12-11-29-54)37-14-10-15-39(30-37)52-33-51(36-25-23-35(24-26-36)49-31-38-13-2-3-16-41(38)42-17-4-8-21-46(42)49)55-53(56-52)40-27-28-48-45-20-6-5-18-43(45)44-19-7-9-22-47(44)50(48)32-40/h2-33,54H,1H2/b12-11-,54-29?. The first-order valence-electron chi connectivity index (χ1n) is 18.8. The van der Waals surface area contributed by atoms with Crippen LogP contribution in [0.2, 0.25) is 0 Å². The molecular formula is C53H35N3. The van der Waals surface area contributed by atoms with Crippen LogP contribution >= 0.6 is 0 Å². The van der Waals surface area contributed by atoms with Crippen LogP contribution in [-0.4, -0.2) is 16.2 Å². The predicted octanol–water partition coefficient (Wildman–Crippen LogP) is 14.1. The second kappa shape index (κ2) is 13.7. The highest BCUT2D eigenvalue weighted by Crippen LogP contribution is 2.39. The van der Waals surface area contributed by atoms with Crippen molar-refractivity contribution >= 4 is 65.6 Å². The molecule has 0 aliphatic heterocycles. The molecule has 0 bridgehead atoms. The molecule has 0 aliphatic rings. The number of nitrogens with zero attached hydrogens (tertiary/aromatic N) is 2. The monoisotopic (exact) mass is 713 g/mol. The van der Waals surface area contributed by atoms with E-state index >= 15 is 0 Å². The topological polar surface area (TPSA) is 49.6 Å². The van der Waals surface area contributed by atoms with Crippen LogP contribution in [0.3, 0.4) is 0 Å². The minimum absolute atomic E-state index is 0.661. The molecule has 262 valence electrons. The third-order valence-electron chi connectivity index (χ3n) is 10.9. The Morgan fingerprint density at radius 1 is 0.429 bits per heavy atom. The molecule has 0 radical (unpaired) electrons. The highest BCUT2D eigenvalue weighted by molar-refractivity contribution is 6.25. The molecule has 1 heterocycles. The summed E-state index contributed by atoms with van der Waals surface area (Å²) in [6.07, 6.45) is 4.81. The smallest absolute Gasteiger partial charge is 0.160 e.